The average Bonchev–Trinajstić information content (AvgIpc) is 2.74. The Bertz CT molecular complexity index is 688. The minimum Gasteiger partial charge on any atom is -0.481 e. The predicted octanol–water partition coefficient (Wildman–Crippen LogP) is 1.98. The summed E-state index contributed by atoms with van der Waals surface area (Å²) in [5.41, 5.74) is 0.781. The van der Waals surface area contributed by atoms with Crippen LogP contribution < -0.4 is 4.74 Å². The van der Waals surface area contributed by atoms with Crippen LogP contribution in [0.5, 0.6) is 5.75 Å². The van der Waals surface area contributed by atoms with E-state index in [-0.39, 0.29) is 10.9 Å². The number of aliphatic carboxylic acids is 1. The molecule has 1 aromatic rings. The molecule has 1 aliphatic rings. The first kappa shape index (κ1) is 16.1. The van der Waals surface area contributed by atoms with E-state index < -0.39 is 18.4 Å². The molecule has 2 rings (SSSR count). The van der Waals surface area contributed by atoms with E-state index in [0.717, 1.165) is 22.2 Å². The monoisotopic (exact) mass is 333 g/mol. The number of nitrogens with zero attached hydrogens (tertiary/aromatic N) is 1. The molecular formula is C15H11NO4S2. The molecule has 0 unspecified atom stereocenters. The van der Waals surface area contributed by atoms with Crippen molar-refractivity contribution in [1.82, 2.24) is 4.90 Å². The number of hydrogen-bond acceptors (Lipinski definition) is 5. The van der Waals surface area contributed by atoms with Crippen LogP contribution in [0.15, 0.2) is 29.2 Å². The van der Waals surface area contributed by atoms with Gasteiger partial charge >= 0.3 is 5.97 Å². The van der Waals surface area contributed by atoms with Gasteiger partial charge in [0.25, 0.3) is 5.91 Å². The Labute approximate surface area is 136 Å². The predicted molar refractivity (Wildman–Crippen MR) is 88.3 cm³/mol. The maximum Gasteiger partial charge on any atom is 0.323 e. The summed E-state index contributed by atoms with van der Waals surface area (Å²) in [6.45, 7) is -0.242. The SMILES string of the molecule is C#CCOc1ccc(/C=C2/SC(=S)N(CC(=O)O)C2=O)cc1. The molecule has 1 heterocycles. The first-order valence-corrected chi connectivity index (χ1v) is 7.37. The van der Waals surface area contributed by atoms with Crippen LogP contribution in [0.2, 0.25) is 0 Å². The molecule has 1 fully saturated rings. The number of thioether (sulfide) groups is 1. The second kappa shape index (κ2) is 7.11. The van der Waals surface area contributed by atoms with Gasteiger partial charge in [0.05, 0.1) is 4.91 Å². The lowest BCUT2D eigenvalue weighted by Crippen LogP contribution is -2.33. The molecule has 7 heteroatoms. The standard InChI is InChI=1S/C15H11NO4S2/c1-2-7-20-11-5-3-10(4-6-11)8-12-14(19)16(9-13(17)18)15(21)22-12/h1,3-6,8H,7,9H2,(H,17,18)/b12-8+. The second-order valence-corrected chi connectivity index (χ2v) is 5.90. The minimum atomic E-state index is -1.10. The van der Waals surface area contributed by atoms with Gasteiger partial charge in [-0.1, -0.05) is 42.0 Å². The van der Waals surface area contributed by atoms with Crippen LogP contribution in [0.4, 0.5) is 0 Å². The smallest absolute Gasteiger partial charge is 0.323 e. The Morgan fingerprint density at radius 2 is 2.14 bits per heavy atom. The molecule has 0 aliphatic carbocycles. The Morgan fingerprint density at radius 1 is 1.45 bits per heavy atom. The molecular weight excluding hydrogens is 322 g/mol. The zero-order chi connectivity index (χ0) is 16.1. The summed E-state index contributed by atoms with van der Waals surface area (Å²) < 4.78 is 5.50. The lowest BCUT2D eigenvalue weighted by atomic mass is 10.2. The Morgan fingerprint density at radius 3 is 2.73 bits per heavy atom. The molecule has 112 valence electrons. The van der Waals surface area contributed by atoms with Crippen molar-refractivity contribution in [2.24, 2.45) is 0 Å². The highest BCUT2D eigenvalue weighted by molar-refractivity contribution is 8.26. The number of rotatable bonds is 5. The topological polar surface area (TPSA) is 66.8 Å². The van der Waals surface area contributed by atoms with Crippen molar-refractivity contribution in [2.75, 3.05) is 13.2 Å². The number of amides is 1. The van der Waals surface area contributed by atoms with Crippen LogP contribution in [-0.4, -0.2) is 39.4 Å². The number of carbonyl (C=O) groups is 2. The van der Waals surface area contributed by atoms with Gasteiger partial charge in [-0.25, -0.2) is 0 Å². The molecule has 1 amide bonds. The lowest BCUT2D eigenvalue weighted by molar-refractivity contribution is -0.140. The molecule has 22 heavy (non-hydrogen) atoms. The van der Waals surface area contributed by atoms with Gasteiger partial charge in [0.2, 0.25) is 0 Å². The second-order valence-electron chi connectivity index (χ2n) is 4.22. The van der Waals surface area contributed by atoms with Crippen LogP contribution in [0.1, 0.15) is 5.56 Å². The maximum atomic E-state index is 12.1. The first-order valence-electron chi connectivity index (χ1n) is 6.14. The van der Waals surface area contributed by atoms with Crippen molar-refractivity contribution >= 4 is 46.3 Å². The summed E-state index contributed by atoms with van der Waals surface area (Å²) in [5, 5.41) is 8.78. The molecule has 0 spiro atoms. The zero-order valence-electron chi connectivity index (χ0n) is 11.3. The van der Waals surface area contributed by atoms with Gasteiger partial charge in [0.1, 0.15) is 23.2 Å². The van der Waals surface area contributed by atoms with E-state index in [1.54, 1.807) is 30.3 Å². The van der Waals surface area contributed by atoms with Gasteiger partial charge in [-0.15, -0.1) is 6.42 Å². The molecule has 1 saturated heterocycles. The summed E-state index contributed by atoms with van der Waals surface area (Å²) >= 11 is 6.11. The zero-order valence-corrected chi connectivity index (χ0v) is 12.9. The molecule has 0 radical (unpaired) electrons. The van der Waals surface area contributed by atoms with Gasteiger partial charge < -0.3 is 9.84 Å². The van der Waals surface area contributed by atoms with E-state index in [2.05, 4.69) is 5.92 Å². The van der Waals surface area contributed by atoms with Gasteiger partial charge in [-0.05, 0) is 23.8 Å². The van der Waals surface area contributed by atoms with Crippen molar-refractivity contribution in [2.45, 2.75) is 0 Å². The van der Waals surface area contributed by atoms with Crippen LogP contribution in [0.3, 0.4) is 0 Å². The number of thiocarbonyl (C=S) groups is 1. The van der Waals surface area contributed by atoms with Crippen molar-refractivity contribution in [3.8, 4) is 18.1 Å². The van der Waals surface area contributed by atoms with Crippen molar-refractivity contribution in [3.05, 3.63) is 34.7 Å². The summed E-state index contributed by atoms with van der Waals surface area (Å²) in [6.07, 6.45) is 6.77. The summed E-state index contributed by atoms with van der Waals surface area (Å²) in [7, 11) is 0. The van der Waals surface area contributed by atoms with Crippen LogP contribution in [0, 0.1) is 12.3 Å². The van der Waals surface area contributed by atoms with Crippen molar-refractivity contribution in [3.63, 3.8) is 0 Å². The van der Waals surface area contributed by atoms with Gasteiger partial charge in [0, 0.05) is 0 Å². The van der Waals surface area contributed by atoms with E-state index in [1.807, 2.05) is 0 Å². The Kier molecular flexibility index (Phi) is 5.20. The van der Waals surface area contributed by atoms with Crippen LogP contribution in [0.25, 0.3) is 6.08 Å². The van der Waals surface area contributed by atoms with Crippen molar-refractivity contribution < 1.29 is 19.4 Å². The third-order valence-corrected chi connectivity index (χ3v) is 4.04. The number of benzene rings is 1. The highest BCUT2D eigenvalue weighted by Gasteiger charge is 2.33. The van der Waals surface area contributed by atoms with Gasteiger partial charge in [0.15, 0.2) is 0 Å². The largest absolute Gasteiger partial charge is 0.481 e. The van der Waals surface area contributed by atoms with E-state index in [9.17, 15) is 9.59 Å². The fourth-order valence-corrected chi connectivity index (χ4v) is 2.96. The lowest BCUT2D eigenvalue weighted by Gasteiger charge is -2.10. The third kappa shape index (κ3) is 3.87. The number of carboxylic acid groups (broad SMARTS) is 1. The van der Waals surface area contributed by atoms with Crippen molar-refractivity contribution in [1.29, 1.82) is 0 Å². The molecule has 1 aromatic carbocycles. The van der Waals surface area contributed by atoms with Gasteiger partial charge in [-0.3, -0.25) is 14.5 Å². The molecule has 5 nitrogen and oxygen atoms in total. The van der Waals surface area contributed by atoms with E-state index in [0.29, 0.717) is 10.7 Å². The maximum absolute atomic E-state index is 12.1. The molecule has 0 bridgehead atoms. The molecule has 0 saturated carbocycles. The first-order chi connectivity index (χ1) is 10.5. The minimum absolute atomic E-state index is 0.188. The summed E-state index contributed by atoms with van der Waals surface area (Å²) in [4.78, 5) is 24.3. The van der Waals surface area contributed by atoms with E-state index in [1.165, 1.54) is 0 Å². The highest BCUT2D eigenvalue weighted by Crippen LogP contribution is 2.32. The highest BCUT2D eigenvalue weighted by atomic mass is 32.2. The fourth-order valence-electron chi connectivity index (χ4n) is 1.71. The average molecular weight is 333 g/mol. The number of carboxylic acids is 1. The summed E-state index contributed by atoms with van der Waals surface area (Å²) in [6, 6.07) is 7.02. The normalized spacial score (nSPS) is 16.0. The van der Waals surface area contributed by atoms with E-state index >= 15 is 0 Å². The number of hydrogen-bond donors (Lipinski definition) is 1. The molecule has 0 atom stereocenters. The molecule has 0 aromatic heterocycles. The fraction of sp³-hybridized carbons (Fsp3) is 0.133. The number of carbonyl (C=O) groups excluding carboxylic acids is 1. The molecule has 1 aliphatic heterocycles. The summed E-state index contributed by atoms with van der Waals surface area (Å²) in [5.74, 6) is 1.50. The number of ether oxygens (including phenoxy) is 1. The van der Waals surface area contributed by atoms with E-state index in [4.69, 9.17) is 28.5 Å². The van der Waals surface area contributed by atoms with Crippen LogP contribution in [-0.2, 0) is 9.59 Å². The quantitative estimate of drug-likeness (QED) is 0.505. The third-order valence-electron chi connectivity index (χ3n) is 2.67. The van der Waals surface area contributed by atoms with Gasteiger partial charge in [-0.2, -0.15) is 0 Å². The number of terminal acetylenes is 1. The Balaban J connectivity index is 2.13. The van der Waals surface area contributed by atoms with Crippen LogP contribution >= 0.6 is 24.0 Å². The molecule has 1 N–H and O–H groups in total. The Hall–Kier alpha value is -2.30.